The van der Waals surface area contributed by atoms with Crippen molar-refractivity contribution in [3.8, 4) is 17.2 Å². The third-order valence-electron chi connectivity index (χ3n) is 18.7. The van der Waals surface area contributed by atoms with Crippen LogP contribution in [0.4, 0.5) is 43.8 Å². The predicted molar refractivity (Wildman–Crippen MR) is 398 cm³/mol. The van der Waals surface area contributed by atoms with Crippen LogP contribution in [0.15, 0.2) is 73.7 Å². The fraction of sp³-hybridized carbons (Fsp3) is 0.413. The Morgan fingerprint density at radius 2 is 0.852 bits per heavy atom. The highest BCUT2D eigenvalue weighted by atomic mass is 35.5. The number of benzene rings is 3. The van der Waals surface area contributed by atoms with E-state index < -0.39 is 88.6 Å². The van der Waals surface area contributed by atoms with Crippen LogP contribution in [-0.4, -0.2) is 119 Å². The summed E-state index contributed by atoms with van der Waals surface area (Å²) in [5.74, 6) is -3.28. The van der Waals surface area contributed by atoms with Gasteiger partial charge >= 0.3 is 6.18 Å². The molecule has 0 aliphatic heterocycles. The largest absolute Gasteiger partial charge is 0.490 e. The number of alkyl halides is 3. The Balaban J connectivity index is 0.000000174. The van der Waals surface area contributed by atoms with Crippen molar-refractivity contribution in [2.45, 2.75) is 201 Å². The topological polar surface area (TPSA) is 337 Å². The van der Waals surface area contributed by atoms with Gasteiger partial charge < -0.3 is 57.6 Å². The lowest BCUT2D eigenvalue weighted by molar-refractivity contribution is -0.141. The monoisotopic (exact) mass is 1560 g/mol. The average molecular weight is 1560 g/mol. The number of pyridine rings is 1. The van der Waals surface area contributed by atoms with E-state index in [-0.39, 0.29) is 85.2 Å². The first-order chi connectivity index (χ1) is 50.9. The molecule has 11 N–H and O–H groups in total. The van der Waals surface area contributed by atoms with Crippen LogP contribution >= 0.6 is 34.8 Å². The van der Waals surface area contributed by atoms with E-state index in [4.69, 9.17) is 71.2 Å². The first kappa shape index (κ1) is 80.8. The molecule has 4 atom stereocenters. The minimum atomic E-state index is -4.67. The lowest BCUT2D eigenvalue weighted by Crippen LogP contribution is -2.47. The number of aromatic nitrogens is 10. The van der Waals surface area contributed by atoms with Gasteiger partial charge in [0.1, 0.15) is 91.1 Å². The average Bonchev–Trinajstić information content (AvgIpc) is 1.47. The van der Waals surface area contributed by atoms with Crippen LogP contribution in [-0.2, 0) is 6.18 Å². The number of anilines is 3. The van der Waals surface area contributed by atoms with Crippen molar-refractivity contribution in [2.75, 3.05) is 17.2 Å². The molecule has 24 nitrogen and oxygen atoms in total. The summed E-state index contributed by atoms with van der Waals surface area (Å²) >= 11 is 18.8. The van der Waals surface area contributed by atoms with E-state index in [2.05, 4.69) is 45.9 Å². The summed E-state index contributed by atoms with van der Waals surface area (Å²) in [6, 6.07) is 5.18. The number of nitrogens with two attached hydrogens (primary N) is 3. The fourth-order valence-corrected chi connectivity index (χ4v) is 14.0. The van der Waals surface area contributed by atoms with Crippen LogP contribution in [0.25, 0.3) is 16.6 Å². The summed E-state index contributed by atoms with van der Waals surface area (Å²) in [5, 5.41) is 26.8. The molecule has 10 aromatic rings. The molecule has 4 unspecified atom stereocenters. The van der Waals surface area contributed by atoms with Gasteiger partial charge in [0.15, 0.2) is 17.5 Å². The molecule has 2 saturated carbocycles. The second kappa shape index (κ2) is 33.0. The minimum Gasteiger partial charge on any atom is -0.490 e. The van der Waals surface area contributed by atoms with Gasteiger partial charge in [-0.05, 0) is 144 Å². The lowest BCUT2D eigenvalue weighted by Gasteiger charge is -2.32. The van der Waals surface area contributed by atoms with Crippen molar-refractivity contribution in [1.82, 2.24) is 64.0 Å². The molecule has 3 aromatic carbocycles. The van der Waals surface area contributed by atoms with E-state index in [1.807, 2.05) is 50.3 Å². The second-order valence-electron chi connectivity index (χ2n) is 27.8. The number of nitrogens with zero attached hydrogens (tertiary/aromatic N) is 10. The van der Waals surface area contributed by atoms with E-state index in [0.29, 0.717) is 118 Å². The Hall–Kier alpha value is -9.75. The molecule has 0 saturated heterocycles. The van der Waals surface area contributed by atoms with Crippen molar-refractivity contribution in [2.24, 2.45) is 0 Å². The third-order valence-corrected chi connectivity index (χ3v) is 19.5. The standard InChI is InChI=1S/C27H27ClF4N6O2.C25H31ClFN5O3.C23H27ClFN5O3/c1-12(2)40-23-17(13(3)25-36-15(5)22-24(33)35-8-9-38(22)25)11-18(28)21(29)20(23)26(39)37-14(4)16-6-7-34-19(10-16)27(30,31)32;1-12(2)35-22-17(13(3)24-30-14(4)21-23(28)29-9-10-32(21)24)11-18(26)20(27)19(22)25(34)31-15-5-7-16(33)8-6-15;1-10(2)33-20-15(11(3)22-28-12(4)19-21(26)27-5-6-30(19)22)9-16(24)18(25)17(20)23(32)29-13-7-14(31)8-13/h6-14H,1-5H3,(H2,33,35)(H,37,39);9-13,15-16,33H,5-8H2,1-4H3,(H2,28,29)(H,31,34);5-6,9-11,13-14,31H,7-8H2,1-4H3,(H2,26,27)(H,29,32). The number of hydrogen-bond donors (Lipinski definition) is 8. The molecule has 12 rings (SSSR count). The Morgan fingerprint density at radius 3 is 1.19 bits per heavy atom. The molecule has 0 bridgehead atoms. The molecule has 33 heteroatoms. The number of aliphatic hydroxyl groups excluding tert-OH is 2. The number of carbonyl (C=O) groups excluding carboxylic acids is 3. The number of rotatable bonds is 19. The van der Waals surface area contributed by atoms with E-state index in [0.717, 1.165) is 12.3 Å². The lowest BCUT2D eigenvalue weighted by atomic mass is 9.89. The number of nitrogens with one attached hydrogen (secondary N) is 3. The zero-order valence-corrected chi connectivity index (χ0v) is 63.7. The molecule has 2 aliphatic carbocycles. The summed E-state index contributed by atoms with van der Waals surface area (Å²) < 4.78 is 109. The van der Waals surface area contributed by atoms with Gasteiger partial charge in [-0.2, -0.15) is 13.2 Å². The predicted octanol–water partition coefficient (Wildman–Crippen LogP) is 14.2. The Morgan fingerprint density at radius 1 is 0.509 bits per heavy atom. The SMILES string of the molecule is Cc1nc(C(C)c2cc(Cl)c(F)c(C(=O)NC(C)c3ccnc(C(F)(F)F)c3)c2OC(C)C)n2ccnc(N)c12.Cc1nc(C(C)c2cc(Cl)c(F)c(C(=O)NC3CC(O)C3)c2OC(C)C)n2ccnc(N)c12.Cc1nc(C(C)c2cc(Cl)c(F)c(C(=O)NC3CCC(O)CC3)c2OC(C)C)n2ccnc(N)c12. The van der Waals surface area contributed by atoms with Crippen molar-refractivity contribution in [3.05, 3.63) is 185 Å². The van der Waals surface area contributed by atoms with Crippen LogP contribution in [0, 0.1) is 38.2 Å². The molecule has 576 valence electrons. The Labute approximate surface area is 633 Å². The maximum absolute atomic E-state index is 15.5. The van der Waals surface area contributed by atoms with Crippen molar-refractivity contribution < 1.29 is 65.1 Å². The van der Waals surface area contributed by atoms with Crippen molar-refractivity contribution in [3.63, 3.8) is 0 Å². The quantitative estimate of drug-likeness (QED) is 0.0349. The van der Waals surface area contributed by atoms with Gasteiger partial charge in [0.2, 0.25) is 0 Å². The summed E-state index contributed by atoms with van der Waals surface area (Å²) in [4.78, 5) is 69.7. The number of nitrogen functional groups attached to an aromatic ring is 3. The molecule has 0 spiro atoms. The van der Waals surface area contributed by atoms with Crippen LogP contribution in [0.3, 0.4) is 0 Å². The molecule has 2 aliphatic rings. The van der Waals surface area contributed by atoms with Gasteiger partial charge in [-0.15, -0.1) is 0 Å². The summed E-state index contributed by atoms with van der Waals surface area (Å²) in [6.07, 6.45) is 7.52. The normalized spacial score (nSPS) is 17.0. The van der Waals surface area contributed by atoms with Crippen molar-refractivity contribution >= 4 is 86.5 Å². The second-order valence-corrected chi connectivity index (χ2v) is 29.0. The van der Waals surface area contributed by atoms with Crippen LogP contribution in [0.2, 0.25) is 15.1 Å². The molecule has 108 heavy (non-hydrogen) atoms. The highest BCUT2D eigenvalue weighted by Gasteiger charge is 2.38. The molecule has 7 aromatic heterocycles. The molecule has 2 fully saturated rings. The smallest absolute Gasteiger partial charge is 0.433 e. The molecule has 3 amide bonds. The number of hydrogen-bond acceptors (Lipinski definition) is 18. The minimum absolute atomic E-state index is 0.0590. The summed E-state index contributed by atoms with van der Waals surface area (Å²) in [6.45, 7) is 23.1. The molecular formula is C75H85Cl3F6N16O8. The Kier molecular flexibility index (Phi) is 24.7. The number of ether oxygens (including phenoxy) is 3. The Bertz CT molecular complexity index is 5040. The van der Waals surface area contributed by atoms with E-state index in [1.54, 1.807) is 76.9 Å². The number of halogens is 9. The van der Waals surface area contributed by atoms with E-state index in [1.165, 1.54) is 37.4 Å². The summed E-state index contributed by atoms with van der Waals surface area (Å²) in [7, 11) is 0. The van der Waals surface area contributed by atoms with E-state index in [9.17, 15) is 37.8 Å². The van der Waals surface area contributed by atoms with Crippen LogP contribution in [0.1, 0.15) is 225 Å². The van der Waals surface area contributed by atoms with E-state index >= 15 is 13.2 Å². The van der Waals surface area contributed by atoms with Gasteiger partial charge in [0, 0.05) is 89.9 Å². The maximum atomic E-state index is 15.5. The maximum Gasteiger partial charge on any atom is 0.433 e. The molecule has 7 heterocycles. The summed E-state index contributed by atoms with van der Waals surface area (Å²) in [5.41, 5.74) is 21.7. The van der Waals surface area contributed by atoms with Crippen molar-refractivity contribution in [1.29, 1.82) is 0 Å². The van der Waals surface area contributed by atoms with Crippen LogP contribution in [0.5, 0.6) is 17.2 Å². The first-order valence-corrected chi connectivity index (χ1v) is 36.1. The number of carbonyl (C=O) groups is 3. The third kappa shape index (κ3) is 17.1. The number of amides is 3. The fourth-order valence-electron chi connectivity index (χ4n) is 13.4. The zero-order chi connectivity index (χ0) is 79.0. The van der Waals surface area contributed by atoms with Gasteiger partial charge in [-0.1, -0.05) is 55.6 Å². The van der Waals surface area contributed by atoms with Gasteiger partial charge in [-0.25, -0.2) is 43.1 Å². The van der Waals surface area contributed by atoms with Gasteiger partial charge in [-0.3, -0.25) is 32.6 Å². The number of imidazole rings is 3. The number of fused-ring (bicyclic) bond motifs is 3. The molecule has 0 radical (unpaired) electrons. The number of aliphatic hydroxyl groups is 2. The highest BCUT2D eigenvalue weighted by Crippen LogP contribution is 2.45. The first-order valence-electron chi connectivity index (χ1n) is 35.0. The zero-order valence-electron chi connectivity index (χ0n) is 61.5. The van der Waals surface area contributed by atoms with Gasteiger partial charge in [0.05, 0.1) is 68.7 Å². The number of aryl methyl sites for hydroxylation is 3. The van der Waals surface area contributed by atoms with Crippen LogP contribution < -0.4 is 47.4 Å². The van der Waals surface area contributed by atoms with Gasteiger partial charge in [0.25, 0.3) is 17.7 Å². The highest BCUT2D eigenvalue weighted by molar-refractivity contribution is 6.32. The molecular weight excluding hydrogens is 1470 g/mol.